The van der Waals surface area contributed by atoms with Gasteiger partial charge in [-0.05, 0) is 61.5 Å². The highest BCUT2D eigenvalue weighted by atomic mass is 79.9. The van der Waals surface area contributed by atoms with Crippen molar-refractivity contribution in [3.05, 3.63) is 28.2 Å². The predicted molar refractivity (Wildman–Crippen MR) is 92.7 cm³/mol. The third kappa shape index (κ3) is 7.30. The fourth-order valence-corrected chi connectivity index (χ4v) is 2.73. The largest absolute Gasteiger partial charge is 0.399 e. The molecule has 0 amide bonds. The topological polar surface area (TPSA) is 29.3 Å². The van der Waals surface area contributed by atoms with E-state index in [1.54, 1.807) is 0 Å². The van der Waals surface area contributed by atoms with E-state index in [9.17, 15) is 0 Å². The summed E-state index contributed by atoms with van der Waals surface area (Å²) in [5.41, 5.74) is 8.06. The zero-order valence-corrected chi connectivity index (χ0v) is 14.9. The predicted octanol–water partition coefficient (Wildman–Crippen LogP) is 4.93. The first-order valence-electron chi connectivity index (χ1n) is 7.64. The fraction of sp³-hybridized carbons (Fsp3) is 0.647. The molecule has 20 heavy (non-hydrogen) atoms. The van der Waals surface area contributed by atoms with Crippen LogP contribution in [0.1, 0.15) is 46.1 Å². The van der Waals surface area contributed by atoms with Crippen LogP contribution in [0.3, 0.4) is 0 Å². The Hall–Kier alpha value is -0.540. The highest BCUT2D eigenvalue weighted by molar-refractivity contribution is 9.10. The third-order valence-electron chi connectivity index (χ3n) is 3.43. The van der Waals surface area contributed by atoms with Gasteiger partial charge in [-0.25, -0.2) is 0 Å². The molecule has 0 radical (unpaired) electrons. The van der Waals surface area contributed by atoms with Gasteiger partial charge in [0, 0.05) is 16.7 Å². The van der Waals surface area contributed by atoms with Crippen LogP contribution in [-0.2, 0) is 6.54 Å². The molecule has 0 aliphatic carbocycles. The van der Waals surface area contributed by atoms with E-state index in [-0.39, 0.29) is 0 Å². The lowest BCUT2D eigenvalue weighted by atomic mass is 10.1. The maximum absolute atomic E-state index is 5.93. The molecule has 0 aliphatic rings. The van der Waals surface area contributed by atoms with Gasteiger partial charge in [0.05, 0.1) is 0 Å². The number of nitrogens with two attached hydrogens (primary N) is 1. The lowest BCUT2D eigenvalue weighted by molar-refractivity contribution is 0.236. The number of benzene rings is 1. The van der Waals surface area contributed by atoms with Crippen LogP contribution in [-0.4, -0.2) is 18.0 Å². The maximum Gasteiger partial charge on any atom is 0.0328 e. The first-order valence-corrected chi connectivity index (χ1v) is 8.43. The number of nitrogens with zero attached hydrogens (tertiary/aromatic N) is 1. The molecule has 0 heterocycles. The normalized spacial score (nSPS) is 11.8. The molecule has 0 unspecified atom stereocenters. The summed E-state index contributed by atoms with van der Waals surface area (Å²) < 4.78 is 1.07. The second kappa shape index (κ2) is 8.68. The third-order valence-corrected chi connectivity index (χ3v) is 3.89. The van der Waals surface area contributed by atoms with E-state index in [2.05, 4.69) is 60.7 Å². The van der Waals surface area contributed by atoms with Crippen molar-refractivity contribution in [1.29, 1.82) is 0 Å². The maximum atomic E-state index is 5.93. The van der Waals surface area contributed by atoms with Crippen molar-refractivity contribution in [3.63, 3.8) is 0 Å². The number of hydrogen-bond acceptors (Lipinski definition) is 2. The molecule has 0 spiro atoms. The Morgan fingerprint density at radius 2 is 1.55 bits per heavy atom. The highest BCUT2D eigenvalue weighted by Gasteiger charge is 2.09. The van der Waals surface area contributed by atoms with Crippen LogP contribution in [0.5, 0.6) is 0 Å². The average molecular weight is 341 g/mol. The van der Waals surface area contributed by atoms with Gasteiger partial charge in [0.25, 0.3) is 0 Å². The smallest absolute Gasteiger partial charge is 0.0328 e. The summed E-state index contributed by atoms with van der Waals surface area (Å²) in [6.07, 6.45) is 2.50. The van der Waals surface area contributed by atoms with Crippen LogP contribution in [0.25, 0.3) is 0 Å². The summed E-state index contributed by atoms with van der Waals surface area (Å²) in [5.74, 6) is 1.51. The van der Waals surface area contributed by atoms with Crippen molar-refractivity contribution in [2.75, 3.05) is 18.8 Å². The Morgan fingerprint density at radius 1 is 1.00 bits per heavy atom. The summed E-state index contributed by atoms with van der Waals surface area (Å²) in [6, 6.07) is 6.21. The van der Waals surface area contributed by atoms with Crippen LogP contribution in [0.15, 0.2) is 22.7 Å². The molecule has 114 valence electrons. The number of halogens is 1. The Bertz CT molecular complexity index is 370. The monoisotopic (exact) mass is 340 g/mol. The van der Waals surface area contributed by atoms with E-state index in [1.807, 2.05) is 6.07 Å². The fourth-order valence-electron chi connectivity index (χ4n) is 2.18. The molecule has 1 aromatic carbocycles. The second-order valence-electron chi connectivity index (χ2n) is 6.53. The van der Waals surface area contributed by atoms with Crippen molar-refractivity contribution in [1.82, 2.24) is 4.90 Å². The zero-order chi connectivity index (χ0) is 15.1. The Kier molecular flexibility index (Phi) is 7.60. The van der Waals surface area contributed by atoms with E-state index in [0.717, 1.165) is 41.6 Å². The van der Waals surface area contributed by atoms with Crippen molar-refractivity contribution < 1.29 is 0 Å². The van der Waals surface area contributed by atoms with Gasteiger partial charge >= 0.3 is 0 Å². The summed E-state index contributed by atoms with van der Waals surface area (Å²) >= 11 is 3.53. The molecular formula is C17H29BrN2. The van der Waals surface area contributed by atoms with Crippen LogP contribution >= 0.6 is 15.9 Å². The molecule has 0 saturated carbocycles. The number of hydrogen-bond donors (Lipinski definition) is 1. The second-order valence-corrected chi connectivity index (χ2v) is 7.45. The van der Waals surface area contributed by atoms with Gasteiger partial charge < -0.3 is 5.73 Å². The number of rotatable bonds is 8. The van der Waals surface area contributed by atoms with Crippen LogP contribution in [0.2, 0.25) is 0 Å². The van der Waals surface area contributed by atoms with Gasteiger partial charge in [-0.1, -0.05) is 43.6 Å². The van der Waals surface area contributed by atoms with Crippen molar-refractivity contribution >= 4 is 21.6 Å². The Morgan fingerprint density at radius 3 is 2.00 bits per heavy atom. The molecule has 0 fully saturated rings. The molecule has 0 bridgehead atoms. The van der Waals surface area contributed by atoms with E-state index < -0.39 is 0 Å². The molecule has 3 heteroatoms. The Labute approximate surface area is 132 Å². The standard InChI is InChI=1S/C17H29BrN2/c1-13(2)5-7-20(8-6-14(3)4)12-15-9-16(18)11-17(19)10-15/h9-11,13-14H,5-8,12,19H2,1-4H3. The number of anilines is 1. The van der Waals surface area contributed by atoms with Gasteiger partial charge in [0.1, 0.15) is 0 Å². The Balaban J connectivity index is 2.66. The molecule has 1 aromatic rings. The van der Waals surface area contributed by atoms with E-state index in [1.165, 1.54) is 18.4 Å². The van der Waals surface area contributed by atoms with E-state index in [0.29, 0.717) is 0 Å². The van der Waals surface area contributed by atoms with Crippen LogP contribution < -0.4 is 5.73 Å². The molecule has 2 N–H and O–H groups in total. The molecule has 1 rings (SSSR count). The summed E-state index contributed by atoms with van der Waals surface area (Å²) in [6.45, 7) is 12.5. The van der Waals surface area contributed by atoms with Gasteiger partial charge in [0.2, 0.25) is 0 Å². The lowest BCUT2D eigenvalue weighted by Crippen LogP contribution is -2.27. The van der Waals surface area contributed by atoms with Gasteiger partial charge in [-0.15, -0.1) is 0 Å². The quantitative estimate of drug-likeness (QED) is 0.680. The molecule has 0 aromatic heterocycles. The minimum absolute atomic E-state index is 0.754. The first-order chi connectivity index (χ1) is 9.36. The lowest BCUT2D eigenvalue weighted by Gasteiger charge is -2.24. The van der Waals surface area contributed by atoms with Crippen molar-refractivity contribution in [3.8, 4) is 0 Å². The minimum atomic E-state index is 0.754. The first kappa shape index (κ1) is 17.5. The SMILES string of the molecule is CC(C)CCN(CCC(C)C)Cc1cc(N)cc(Br)c1. The molecule has 0 atom stereocenters. The minimum Gasteiger partial charge on any atom is -0.399 e. The summed E-state index contributed by atoms with van der Waals surface area (Å²) in [5, 5.41) is 0. The van der Waals surface area contributed by atoms with Crippen molar-refractivity contribution in [2.24, 2.45) is 11.8 Å². The molecular weight excluding hydrogens is 312 g/mol. The van der Waals surface area contributed by atoms with Crippen LogP contribution in [0.4, 0.5) is 5.69 Å². The number of nitrogen functional groups attached to an aromatic ring is 1. The van der Waals surface area contributed by atoms with Gasteiger partial charge in [-0.2, -0.15) is 0 Å². The average Bonchev–Trinajstić information content (AvgIpc) is 2.31. The highest BCUT2D eigenvalue weighted by Crippen LogP contribution is 2.19. The summed E-state index contributed by atoms with van der Waals surface area (Å²) in [4.78, 5) is 2.56. The van der Waals surface area contributed by atoms with E-state index >= 15 is 0 Å². The zero-order valence-electron chi connectivity index (χ0n) is 13.3. The molecule has 0 saturated heterocycles. The molecule has 2 nitrogen and oxygen atoms in total. The van der Waals surface area contributed by atoms with Gasteiger partial charge in [0.15, 0.2) is 0 Å². The molecule has 0 aliphatic heterocycles. The van der Waals surface area contributed by atoms with E-state index in [4.69, 9.17) is 5.73 Å². The van der Waals surface area contributed by atoms with Crippen molar-refractivity contribution in [2.45, 2.75) is 47.1 Å². The summed E-state index contributed by atoms with van der Waals surface area (Å²) in [7, 11) is 0. The van der Waals surface area contributed by atoms with Gasteiger partial charge in [-0.3, -0.25) is 4.90 Å². The van der Waals surface area contributed by atoms with Crippen LogP contribution in [0, 0.1) is 11.8 Å².